The van der Waals surface area contributed by atoms with Crippen LogP contribution >= 0.6 is 0 Å². The molecular weight excluding hydrogens is 264 g/mol. The van der Waals surface area contributed by atoms with Gasteiger partial charge in [-0.1, -0.05) is 25.1 Å². The Balaban J connectivity index is 2.22. The fourth-order valence-corrected chi connectivity index (χ4v) is 3.83. The molecule has 0 saturated carbocycles. The first-order valence-corrected chi connectivity index (χ1v) is 7.45. The van der Waals surface area contributed by atoms with Gasteiger partial charge in [0.1, 0.15) is 5.75 Å². The van der Waals surface area contributed by atoms with Crippen LogP contribution in [0.5, 0.6) is 5.75 Å². The van der Waals surface area contributed by atoms with Crippen molar-refractivity contribution in [3.8, 4) is 5.75 Å². The van der Waals surface area contributed by atoms with Crippen molar-refractivity contribution in [1.29, 1.82) is 0 Å². The Morgan fingerprint density at radius 2 is 2.10 bits per heavy atom. The number of hydrogen-bond donors (Lipinski definition) is 2. The van der Waals surface area contributed by atoms with E-state index in [-0.39, 0.29) is 11.7 Å². The summed E-state index contributed by atoms with van der Waals surface area (Å²) >= 11 is 0. The van der Waals surface area contributed by atoms with Crippen molar-refractivity contribution in [2.24, 2.45) is 5.41 Å². The number of hydrogen-bond acceptors (Lipinski definition) is 2. The van der Waals surface area contributed by atoms with E-state index in [4.69, 9.17) is 0 Å². The number of carbonyl (C=O) groups is 1. The van der Waals surface area contributed by atoms with Crippen LogP contribution in [-0.4, -0.2) is 16.2 Å². The highest BCUT2D eigenvalue weighted by molar-refractivity contribution is 5.89. The monoisotopic (exact) mass is 284 g/mol. The number of phenolic OH excluding ortho intramolecular Hbond substituents is 1. The van der Waals surface area contributed by atoms with Crippen LogP contribution in [0.25, 0.3) is 10.8 Å². The van der Waals surface area contributed by atoms with Gasteiger partial charge in [0.2, 0.25) is 0 Å². The van der Waals surface area contributed by atoms with Crippen LogP contribution in [0.1, 0.15) is 43.7 Å². The van der Waals surface area contributed by atoms with Crippen LogP contribution in [0, 0.1) is 5.41 Å². The van der Waals surface area contributed by atoms with Gasteiger partial charge >= 0.3 is 5.97 Å². The fourth-order valence-electron chi connectivity index (χ4n) is 3.83. The molecule has 110 valence electrons. The molecule has 3 nitrogen and oxygen atoms in total. The number of aryl methyl sites for hydroxylation is 1. The third kappa shape index (κ3) is 1.99. The number of benzene rings is 2. The molecule has 1 aliphatic carbocycles. The minimum absolute atomic E-state index is 0.0388. The number of aromatic hydroxyl groups is 1. The third-order valence-corrected chi connectivity index (χ3v) is 5.09. The largest absolute Gasteiger partial charge is 0.508 e. The normalized spacial score (nSPS) is 24.8. The highest BCUT2D eigenvalue weighted by Gasteiger charge is 2.44. The lowest BCUT2D eigenvalue weighted by Crippen LogP contribution is -2.38. The first-order valence-electron chi connectivity index (χ1n) is 7.45. The van der Waals surface area contributed by atoms with E-state index in [0.29, 0.717) is 6.42 Å². The van der Waals surface area contributed by atoms with E-state index in [2.05, 4.69) is 6.92 Å². The number of carboxylic acid groups (broad SMARTS) is 1. The molecule has 3 rings (SSSR count). The molecule has 0 aliphatic heterocycles. The molecule has 0 fully saturated rings. The van der Waals surface area contributed by atoms with Gasteiger partial charge in [-0.05, 0) is 66.1 Å². The Hall–Kier alpha value is -2.03. The Labute approximate surface area is 124 Å². The molecule has 0 bridgehead atoms. The van der Waals surface area contributed by atoms with Gasteiger partial charge in [0.25, 0.3) is 0 Å². The summed E-state index contributed by atoms with van der Waals surface area (Å²) in [7, 11) is 0. The maximum atomic E-state index is 11.7. The van der Waals surface area contributed by atoms with Gasteiger partial charge in [-0.15, -0.1) is 0 Å². The van der Waals surface area contributed by atoms with Gasteiger partial charge in [-0.2, -0.15) is 0 Å². The second-order valence-electron chi connectivity index (χ2n) is 6.22. The van der Waals surface area contributed by atoms with Crippen LogP contribution in [-0.2, 0) is 11.2 Å². The van der Waals surface area contributed by atoms with E-state index < -0.39 is 11.4 Å². The molecule has 0 saturated heterocycles. The molecule has 2 aromatic rings. The lowest BCUT2D eigenvalue weighted by Gasteiger charge is -2.39. The first-order chi connectivity index (χ1) is 9.97. The number of fused-ring (bicyclic) bond motifs is 3. The van der Waals surface area contributed by atoms with Crippen molar-refractivity contribution in [3.05, 3.63) is 41.5 Å². The zero-order valence-corrected chi connectivity index (χ0v) is 12.4. The molecule has 0 amide bonds. The summed E-state index contributed by atoms with van der Waals surface area (Å²) in [4.78, 5) is 11.7. The van der Waals surface area contributed by atoms with E-state index in [9.17, 15) is 15.0 Å². The zero-order chi connectivity index (χ0) is 15.2. The fraction of sp³-hybridized carbons (Fsp3) is 0.389. The maximum Gasteiger partial charge on any atom is 0.309 e. The average molecular weight is 284 g/mol. The first kappa shape index (κ1) is 13.9. The summed E-state index contributed by atoms with van der Waals surface area (Å²) in [5, 5.41) is 21.4. The Kier molecular flexibility index (Phi) is 3.16. The number of carboxylic acids is 1. The molecule has 0 heterocycles. The number of aliphatic carboxylic acids is 1. The van der Waals surface area contributed by atoms with Crippen molar-refractivity contribution >= 4 is 16.7 Å². The van der Waals surface area contributed by atoms with Crippen molar-refractivity contribution in [1.82, 2.24) is 0 Å². The lowest BCUT2D eigenvalue weighted by atomic mass is 9.63. The number of phenols is 1. The second-order valence-corrected chi connectivity index (χ2v) is 6.22. The molecule has 0 radical (unpaired) electrons. The Morgan fingerprint density at radius 3 is 2.76 bits per heavy atom. The van der Waals surface area contributed by atoms with Gasteiger partial charge in [0.15, 0.2) is 0 Å². The van der Waals surface area contributed by atoms with Crippen molar-refractivity contribution in [2.45, 2.75) is 39.0 Å². The summed E-state index contributed by atoms with van der Waals surface area (Å²) in [5.74, 6) is -0.400. The minimum Gasteiger partial charge on any atom is -0.508 e. The second kappa shape index (κ2) is 4.76. The van der Waals surface area contributed by atoms with Gasteiger partial charge in [0, 0.05) is 0 Å². The maximum absolute atomic E-state index is 11.7. The van der Waals surface area contributed by atoms with Crippen LogP contribution in [0.4, 0.5) is 0 Å². The molecule has 0 aromatic heterocycles. The smallest absolute Gasteiger partial charge is 0.309 e. The van der Waals surface area contributed by atoms with E-state index in [1.807, 2.05) is 25.1 Å². The van der Waals surface area contributed by atoms with Crippen LogP contribution in [0.3, 0.4) is 0 Å². The molecule has 0 spiro atoms. The lowest BCUT2D eigenvalue weighted by molar-refractivity contribution is -0.150. The molecule has 21 heavy (non-hydrogen) atoms. The third-order valence-electron chi connectivity index (χ3n) is 5.09. The summed E-state index contributed by atoms with van der Waals surface area (Å²) in [6.45, 7) is 3.93. The van der Waals surface area contributed by atoms with E-state index in [0.717, 1.165) is 29.2 Å². The summed E-state index contributed by atoms with van der Waals surface area (Å²) in [5.41, 5.74) is 1.72. The summed E-state index contributed by atoms with van der Waals surface area (Å²) in [6.07, 6.45) is 2.25. The highest BCUT2D eigenvalue weighted by atomic mass is 16.4. The van der Waals surface area contributed by atoms with Crippen LogP contribution in [0.2, 0.25) is 0 Å². The van der Waals surface area contributed by atoms with Crippen molar-refractivity contribution in [3.63, 3.8) is 0 Å². The quantitative estimate of drug-likeness (QED) is 0.873. The molecule has 2 N–H and O–H groups in total. The van der Waals surface area contributed by atoms with Crippen molar-refractivity contribution in [2.75, 3.05) is 0 Å². The average Bonchev–Trinajstić information content (AvgIpc) is 2.46. The van der Waals surface area contributed by atoms with Crippen molar-refractivity contribution < 1.29 is 15.0 Å². The van der Waals surface area contributed by atoms with Crippen LogP contribution < -0.4 is 0 Å². The summed E-state index contributed by atoms with van der Waals surface area (Å²) < 4.78 is 0. The van der Waals surface area contributed by atoms with Gasteiger partial charge in [-0.25, -0.2) is 0 Å². The standard InChI is InChI=1S/C18H20O3/c1-3-16-15-6-4-11-10-12(19)5-7-13(11)14(15)8-9-18(16,2)17(20)21/h4-7,10,16,19H,3,8-9H2,1-2H3,(H,20,21). The molecule has 1 aliphatic rings. The van der Waals surface area contributed by atoms with Gasteiger partial charge in [-0.3, -0.25) is 4.79 Å². The van der Waals surface area contributed by atoms with Gasteiger partial charge in [0.05, 0.1) is 5.41 Å². The molecule has 2 atom stereocenters. The molecular formula is C18H20O3. The topological polar surface area (TPSA) is 57.5 Å². The summed E-state index contributed by atoms with van der Waals surface area (Å²) in [6, 6.07) is 9.45. The van der Waals surface area contributed by atoms with E-state index >= 15 is 0 Å². The van der Waals surface area contributed by atoms with E-state index in [1.165, 1.54) is 5.56 Å². The zero-order valence-electron chi connectivity index (χ0n) is 12.4. The Morgan fingerprint density at radius 1 is 1.33 bits per heavy atom. The minimum atomic E-state index is -0.703. The number of rotatable bonds is 2. The molecule has 3 heteroatoms. The molecule has 2 unspecified atom stereocenters. The molecule has 2 aromatic carbocycles. The van der Waals surface area contributed by atoms with E-state index in [1.54, 1.807) is 12.1 Å². The highest BCUT2D eigenvalue weighted by Crippen LogP contribution is 2.49. The van der Waals surface area contributed by atoms with Gasteiger partial charge < -0.3 is 10.2 Å². The predicted molar refractivity (Wildman–Crippen MR) is 82.7 cm³/mol. The van der Waals surface area contributed by atoms with Crippen LogP contribution in [0.15, 0.2) is 30.3 Å². The Bertz CT molecular complexity index is 720. The SMILES string of the molecule is CCC1c2ccc3cc(O)ccc3c2CCC1(C)C(=O)O. The predicted octanol–water partition coefficient (Wildman–Crippen LogP) is 4.08.